The van der Waals surface area contributed by atoms with E-state index in [1.807, 2.05) is 0 Å². The first-order valence-electron chi connectivity index (χ1n) is 4.47. The fourth-order valence-electron chi connectivity index (χ4n) is 0.922. The molecule has 0 radical (unpaired) electrons. The van der Waals surface area contributed by atoms with Gasteiger partial charge in [0.05, 0.1) is 6.54 Å². The summed E-state index contributed by atoms with van der Waals surface area (Å²) in [6.07, 6.45) is 0. The quantitative estimate of drug-likeness (QED) is 0.452. The van der Waals surface area contributed by atoms with Crippen molar-refractivity contribution in [1.82, 2.24) is 10.2 Å². The molecule has 7 heteroatoms. The Morgan fingerprint density at radius 3 is 2.40 bits per heavy atom. The van der Waals surface area contributed by atoms with Crippen LogP contribution in [-0.4, -0.2) is 53.7 Å². The van der Waals surface area contributed by atoms with Gasteiger partial charge in [0.2, 0.25) is 11.8 Å². The summed E-state index contributed by atoms with van der Waals surface area (Å²) in [6, 6.07) is 0. The molecule has 88 valence electrons. The van der Waals surface area contributed by atoms with Gasteiger partial charge in [-0.05, 0) is 0 Å². The zero-order chi connectivity index (χ0) is 11.7. The lowest BCUT2D eigenvalue weighted by molar-refractivity contribution is -0.133. The minimum Gasteiger partial charge on any atom is -0.354 e. The molecule has 0 atom stereocenters. The van der Waals surface area contributed by atoms with E-state index in [0.29, 0.717) is 24.6 Å². The fourth-order valence-corrected chi connectivity index (χ4v) is 1.44. The van der Waals surface area contributed by atoms with Gasteiger partial charge >= 0.3 is 0 Å². The Balaban J connectivity index is 4.03. The first-order valence-corrected chi connectivity index (χ1v) is 6.27. The molecule has 15 heavy (non-hydrogen) atoms. The van der Waals surface area contributed by atoms with Crippen LogP contribution in [0.15, 0.2) is 0 Å². The molecule has 0 aliphatic carbocycles. The van der Waals surface area contributed by atoms with E-state index in [9.17, 15) is 9.59 Å². The standard InChI is InChI=1S/C8H15ClN2O2S2/c9-5-8(13)11(2-4-15)6-7(12)10-1-3-14/h14-15H,1-6H2,(H,10,12). The third-order valence-corrected chi connectivity index (χ3v) is 2.26. The summed E-state index contributed by atoms with van der Waals surface area (Å²) in [6.45, 7) is 0.939. The van der Waals surface area contributed by atoms with E-state index in [2.05, 4.69) is 30.6 Å². The minimum atomic E-state index is -0.258. The second-order valence-corrected chi connectivity index (χ2v) is 3.91. The van der Waals surface area contributed by atoms with E-state index in [4.69, 9.17) is 11.6 Å². The summed E-state index contributed by atoms with van der Waals surface area (Å²) < 4.78 is 0. The van der Waals surface area contributed by atoms with E-state index in [1.165, 1.54) is 4.90 Å². The SMILES string of the molecule is O=C(CN(CCS)C(=O)CCl)NCCS. The maximum absolute atomic E-state index is 11.3. The molecule has 0 bridgehead atoms. The van der Waals surface area contributed by atoms with Crippen molar-refractivity contribution in [2.75, 3.05) is 37.0 Å². The zero-order valence-electron chi connectivity index (χ0n) is 8.28. The third-order valence-electron chi connectivity index (χ3n) is 1.61. The minimum absolute atomic E-state index is 0.0277. The highest BCUT2D eigenvalue weighted by Crippen LogP contribution is 1.93. The van der Waals surface area contributed by atoms with Gasteiger partial charge in [0.15, 0.2) is 0 Å². The van der Waals surface area contributed by atoms with Gasteiger partial charge in [0.1, 0.15) is 5.88 Å². The van der Waals surface area contributed by atoms with Crippen LogP contribution >= 0.6 is 36.9 Å². The molecule has 2 amide bonds. The van der Waals surface area contributed by atoms with Crippen LogP contribution in [0.2, 0.25) is 0 Å². The van der Waals surface area contributed by atoms with Crippen molar-refractivity contribution in [2.24, 2.45) is 0 Å². The van der Waals surface area contributed by atoms with Crippen LogP contribution in [-0.2, 0) is 9.59 Å². The second-order valence-electron chi connectivity index (χ2n) is 2.75. The molecule has 0 aromatic heterocycles. The number of hydrogen-bond acceptors (Lipinski definition) is 4. The zero-order valence-corrected chi connectivity index (χ0v) is 10.8. The maximum atomic E-state index is 11.3. The molecule has 4 nitrogen and oxygen atoms in total. The molecule has 0 aromatic carbocycles. The lowest BCUT2D eigenvalue weighted by Gasteiger charge is -2.20. The van der Waals surface area contributed by atoms with Crippen LogP contribution in [0.3, 0.4) is 0 Å². The van der Waals surface area contributed by atoms with Crippen LogP contribution in [0.1, 0.15) is 0 Å². The molecule has 0 fully saturated rings. The van der Waals surface area contributed by atoms with Gasteiger partial charge in [-0.2, -0.15) is 25.3 Å². The Bertz CT molecular complexity index is 217. The van der Waals surface area contributed by atoms with Crippen molar-refractivity contribution < 1.29 is 9.59 Å². The van der Waals surface area contributed by atoms with Gasteiger partial charge in [-0.3, -0.25) is 9.59 Å². The maximum Gasteiger partial charge on any atom is 0.239 e. The Kier molecular flexibility index (Phi) is 9.13. The van der Waals surface area contributed by atoms with Gasteiger partial charge in [0.25, 0.3) is 0 Å². The largest absolute Gasteiger partial charge is 0.354 e. The van der Waals surface area contributed by atoms with Gasteiger partial charge in [-0.25, -0.2) is 0 Å². The van der Waals surface area contributed by atoms with Gasteiger partial charge in [-0.15, -0.1) is 11.6 Å². The smallest absolute Gasteiger partial charge is 0.239 e. The molecule has 0 rings (SSSR count). The summed E-state index contributed by atoms with van der Waals surface area (Å²) in [4.78, 5) is 24.0. The summed E-state index contributed by atoms with van der Waals surface area (Å²) >= 11 is 13.4. The summed E-state index contributed by atoms with van der Waals surface area (Å²) in [5.41, 5.74) is 0. The Morgan fingerprint density at radius 2 is 1.93 bits per heavy atom. The number of carbonyl (C=O) groups excluding carboxylic acids is 2. The Hall–Kier alpha value is -0.0700. The molecule has 0 saturated heterocycles. The highest BCUT2D eigenvalue weighted by Gasteiger charge is 2.14. The molecular weight excluding hydrogens is 256 g/mol. The number of thiol groups is 2. The molecule has 1 N–H and O–H groups in total. The van der Waals surface area contributed by atoms with E-state index in [0.717, 1.165) is 0 Å². The van der Waals surface area contributed by atoms with Gasteiger partial charge < -0.3 is 10.2 Å². The second kappa shape index (κ2) is 9.18. The highest BCUT2D eigenvalue weighted by atomic mass is 35.5. The molecule has 0 heterocycles. The summed E-state index contributed by atoms with van der Waals surface area (Å²) in [5.74, 6) is 0.494. The molecule has 0 spiro atoms. The van der Waals surface area contributed by atoms with E-state index in [1.54, 1.807) is 0 Å². The normalized spacial score (nSPS) is 9.80. The molecule has 0 unspecified atom stereocenters. The van der Waals surface area contributed by atoms with Crippen molar-refractivity contribution in [3.05, 3.63) is 0 Å². The number of nitrogens with zero attached hydrogens (tertiary/aromatic N) is 1. The number of alkyl halides is 1. The molecular formula is C8H15ClN2O2S2. The van der Waals surface area contributed by atoms with Gasteiger partial charge in [-0.1, -0.05) is 0 Å². The summed E-state index contributed by atoms with van der Waals surface area (Å²) in [7, 11) is 0. The van der Waals surface area contributed by atoms with E-state index in [-0.39, 0.29) is 24.2 Å². The fraction of sp³-hybridized carbons (Fsp3) is 0.750. The lowest BCUT2D eigenvalue weighted by Crippen LogP contribution is -2.42. The van der Waals surface area contributed by atoms with Crippen molar-refractivity contribution >= 4 is 48.7 Å². The number of nitrogens with one attached hydrogen (secondary N) is 1. The van der Waals surface area contributed by atoms with E-state index < -0.39 is 0 Å². The van der Waals surface area contributed by atoms with Crippen molar-refractivity contribution in [3.63, 3.8) is 0 Å². The first kappa shape index (κ1) is 14.9. The van der Waals surface area contributed by atoms with E-state index >= 15 is 0 Å². The number of hydrogen-bond donors (Lipinski definition) is 3. The predicted molar refractivity (Wildman–Crippen MR) is 68.0 cm³/mol. The van der Waals surface area contributed by atoms with Crippen LogP contribution in [0, 0.1) is 0 Å². The number of carbonyl (C=O) groups is 2. The third kappa shape index (κ3) is 6.92. The first-order chi connectivity index (χ1) is 7.15. The Labute approximate surface area is 106 Å². The van der Waals surface area contributed by atoms with Crippen molar-refractivity contribution in [2.45, 2.75) is 0 Å². The van der Waals surface area contributed by atoms with Crippen LogP contribution < -0.4 is 5.32 Å². The van der Waals surface area contributed by atoms with Crippen LogP contribution in [0.4, 0.5) is 0 Å². The highest BCUT2D eigenvalue weighted by molar-refractivity contribution is 7.80. The van der Waals surface area contributed by atoms with Gasteiger partial charge in [0, 0.05) is 24.6 Å². The average Bonchev–Trinajstić information content (AvgIpc) is 2.24. The van der Waals surface area contributed by atoms with Crippen molar-refractivity contribution in [1.29, 1.82) is 0 Å². The number of rotatable bonds is 7. The van der Waals surface area contributed by atoms with Crippen LogP contribution in [0.25, 0.3) is 0 Å². The van der Waals surface area contributed by atoms with Crippen molar-refractivity contribution in [3.8, 4) is 0 Å². The number of amides is 2. The molecule has 0 aromatic rings. The topological polar surface area (TPSA) is 49.4 Å². The predicted octanol–water partition coefficient (Wildman–Crippen LogP) is 0.0296. The number of halogens is 1. The lowest BCUT2D eigenvalue weighted by atomic mass is 10.4. The molecule has 0 saturated carbocycles. The molecule has 0 aliphatic rings. The molecule has 0 aliphatic heterocycles. The average molecular weight is 271 g/mol. The summed E-state index contributed by atoms with van der Waals surface area (Å²) in [5, 5.41) is 2.62. The van der Waals surface area contributed by atoms with Crippen LogP contribution in [0.5, 0.6) is 0 Å². The Morgan fingerprint density at radius 1 is 1.27 bits per heavy atom. The monoisotopic (exact) mass is 270 g/mol.